The number of carbonyl (C=O) groups is 1. The van der Waals surface area contributed by atoms with E-state index in [2.05, 4.69) is 42.5 Å². The smallest absolute Gasteiger partial charge is 0.222 e. The van der Waals surface area contributed by atoms with Gasteiger partial charge in [-0.1, -0.05) is 49.4 Å². The van der Waals surface area contributed by atoms with Gasteiger partial charge in [0.2, 0.25) is 5.91 Å². The average molecular weight is 283 g/mol. The summed E-state index contributed by atoms with van der Waals surface area (Å²) < 4.78 is 5.86. The van der Waals surface area contributed by atoms with E-state index in [9.17, 15) is 4.79 Å². The Balaban J connectivity index is 1.77. The fraction of sp³-hybridized carbons (Fsp3) is 0.389. The Bertz CT molecular complexity index is 633. The topological polar surface area (TPSA) is 29.5 Å². The van der Waals surface area contributed by atoms with Crippen LogP contribution in [-0.4, -0.2) is 36.6 Å². The van der Waals surface area contributed by atoms with Crippen molar-refractivity contribution in [3.8, 4) is 0 Å². The van der Waals surface area contributed by atoms with Crippen molar-refractivity contribution in [2.45, 2.75) is 25.9 Å². The minimum Gasteiger partial charge on any atom is -0.374 e. The zero-order valence-electron chi connectivity index (χ0n) is 12.4. The van der Waals surface area contributed by atoms with Gasteiger partial charge in [0.15, 0.2) is 0 Å². The van der Waals surface area contributed by atoms with Gasteiger partial charge in [-0.05, 0) is 16.3 Å². The SMILES string of the molecule is CCC(=O)N1CCOC(Cc2cccc3ccccc23)C1. The van der Waals surface area contributed by atoms with E-state index in [1.54, 1.807) is 0 Å². The lowest BCUT2D eigenvalue weighted by Crippen LogP contribution is -2.46. The molecular weight excluding hydrogens is 262 g/mol. The van der Waals surface area contributed by atoms with Crippen LogP contribution in [0.1, 0.15) is 18.9 Å². The number of carbonyl (C=O) groups excluding carboxylic acids is 1. The van der Waals surface area contributed by atoms with Gasteiger partial charge in [-0.2, -0.15) is 0 Å². The van der Waals surface area contributed by atoms with Gasteiger partial charge in [-0.3, -0.25) is 4.79 Å². The van der Waals surface area contributed by atoms with E-state index < -0.39 is 0 Å². The third-order valence-electron chi connectivity index (χ3n) is 4.12. The first-order valence-electron chi connectivity index (χ1n) is 7.64. The quantitative estimate of drug-likeness (QED) is 0.866. The van der Waals surface area contributed by atoms with Crippen LogP contribution in [0.3, 0.4) is 0 Å². The molecule has 0 bridgehead atoms. The molecule has 0 radical (unpaired) electrons. The minimum atomic E-state index is 0.0973. The van der Waals surface area contributed by atoms with Gasteiger partial charge in [0.1, 0.15) is 0 Å². The maximum absolute atomic E-state index is 11.8. The summed E-state index contributed by atoms with van der Waals surface area (Å²) in [5.41, 5.74) is 1.30. The molecule has 0 spiro atoms. The zero-order valence-corrected chi connectivity index (χ0v) is 12.4. The molecule has 1 saturated heterocycles. The minimum absolute atomic E-state index is 0.0973. The average Bonchev–Trinajstić information content (AvgIpc) is 2.55. The number of nitrogens with zero attached hydrogens (tertiary/aromatic N) is 1. The van der Waals surface area contributed by atoms with Gasteiger partial charge in [0.05, 0.1) is 12.7 Å². The van der Waals surface area contributed by atoms with Crippen LogP contribution in [0.5, 0.6) is 0 Å². The number of amides is 1. The van der Waals surface area contributed by atoms with Crippen molar-refractivity contribution in [3.05, 3.63) is 48.0 Å². The summed E-state index contributed by atoms with van der Waals surface area (Å²) in [5.74, 6) is 0.223. The molecule has 3 rings (SSSR count). The fourth-order valence-electron chi connectivity index (χ4n) is 3.01. The van der Waals surface area contributed by atoms with E-state index in [1.165, 1.54) is 16.3 Å². The van der Waals surface area contributed by atoms with Crippen molar-refractivity contribution in [2.75, 3.05) is 19.7 Å². The number of hydrogen-bond acceptors (Lipinski definition) is 2. The Hall–Kier alpha value is -1.87. The van der Waals surface area contributed by atoms with Gasteiger partial charge in [-0.25, -0.2) is 0 Å². The van der Waals surface area contributed by atoms with Crippen molar-refractivity contribution < 1.29 is 9.53 Å². The van der Waals surface area contributed by atoms with Crippen LogP contribution in [0.25, 0.3) is 10.8 Å². The maximum atomic E-state index is 11.8. The lowest BCUT2D eigenvalue weighted by atomic mass is 9.99. The van der Waals surface area contributed by atoms with Gasteiger partial charge in [0, 0.05) is 25.9 Å². The first-order chi connectivity index (χ1) is 10.3. The molecule has 1 fully saturated rings. The first-order valence-corrected chi connectivity index (χ1v) is 7.64. The molecule has 1 atom stereocenters. The van der Waals surface area contributed by atoms with Crippen LogP contribution < -0.4 is 0 Å². The molecule has 1 aliphatic heterocycles. The molecule has 0 aliphatic carbocycles. The summed E-state index contributed by atoms with van der Waals surface area (Å²) >= 11 is 0. The van der Waals surface area contributed by atoms with Crippen molar-refractivity contribution in [3.63, 3.8) is 0 Å². The molecule has 21 heavy (non-hydrogen) atoms. The molecule has 3 nitrogen and oxygen atoms in total. The molecule has 0 saturated carbocycles. The lowest BCUT2D eigenvalue weighted by Gasteiger charge is -2.33. The van der Waals surface area contributed by atoms with Gasteiger partial charge in [0.25, 0.3) is 0 Å². The Morgan fingerprint density at radius 1 is 1.24 bits per heavy atom. The summed E-state index contributed by atoms with van der Waals surface area (Å²) in [7, 11) is 0. The third kappa shape index (κ3) is 3.08. The summed E-state index contributed by atoms with van der Waals surface area (Å²) in [6.07, 6.45) is 1.52. The van der Waals surface area contributed by atoms with E-state index in [-0.39, 0.29) is 12.0 Å². The van der Waals surface area contributed by atoms with Crippen molar-refractivity contribution in [1.82, 2.24) is 4.90 Å². The number of fused-ring (bicyclic) bond motifs is 1. The van der Waals surface area contributed by atoms with Crippen LogP contribution in [0.15, 0.2) is 42.5 Å². The predicted octanol–water partition coefficient (Wildman–Crippen LogP) is 3.02. The van der Waals surface area contributed by atoms with Gasteiger partial charge >= 0.3 is 0 Å². The number of hydrogen-bond donors (Lipinski definition) is 0. The Labute approximate surface area is 125 Å². The second-order valence-corrected chi connectivity index (χ2v) is 5.53. The largest absolute Gasteiger partial charge is 0.374 e. The number of morpholine rings is 1. The maximum Gasteiger partial charge on any atom is 0.222 e. The third-order valence-corrected chi connectivity index (χ3v) is 4.12. The second-order valence-electron chi connectivity index (χ2n) is 5.53. The monoisotopic (exact) mass is 283 g/mol. The fourth-order valence-corrected chi connectivity index (χ4v) is 3.01. The molecule has 3 heteroatoms. The number of ether oxygens (including phenoxy) is 1. The zero-order chi connectivity index (χ0) is 14.7. The van der Waals surface area contributed by atoms with Gasteiger partial charge in [-0.15, -0.1) is 0 Å². The number of rotatable bonds is 3. The van der Waals surface area contributed by atoms with Gasteiger partial charge < -0.3 is 9.64 Å². The van der Waals surface area contributed by atoms with E-state index in [0.717, 1.165) is 13.0 Å². The van der Waals surface area contributed by atoms with E-state index in [1.807, 2.05) is 11.8 Å². The summed E-state index contributed by atoms with van der Waals surface area (Å²) in [6, 6.07) is 14.8. The highest BCUT2D eigenvalue weighted by atomic mass is 16.5. The van der Waals surface area contributed by atoms with Crippen molar-refractivity contribution in [1.29, 1.82) is 0 Å². The number of benzene rings is 2. The standard InChI is InChI=1S/C18H21NO2/c1-2-18(20)19-10-11-21-16(13-19)12-15-8-5-7-14-6-3-4-9-17(14)15/h3-9,16H,2,10-13H2,1H3. The van der Waals surface area contributed by atoms with Crippen LogP contribution in [0.4, 0.5) is 0 Å². The highest BCUT2D eigenvalue weighted by Gasteiger charge is 2.23. The summed E-state index contributed by atoms with van der Waals surface area (Å²) in [6.45, 7) is 3.98. The molecule has 110 valence electrons. The van der Waals surface area contributed by atoms with E-state index >= 15 is 0 Å². The molecule has 1 unspecified atom stereocenters. The second kappa shape index (κ2) is 6.27. The first kappa shape index (κ1) is 14.1. The molecule has 0 N–H and O–H groups in total. The molecule has 0 aromatic heterocycles. The van der Waals surface area contributed by atoms with Crippen LogP contribution >= 0.6 is 0 Å². The molecule has 2 aromatic rings. The van der Waals surface area contributed by atoms with Crippen LogP contribution in [0.2, 0.25) is 0 Å². The van der Waals surface area contributed by atoms with E-state index in [0.29, 0.717) is 19.6 Å². The summed E-state index contributed by atoms with van der Waals surface area (Å²) in [5, 5.41) is 2.54. The Kier molecular flexibility index (Phi) is 4.20. The molecular formula is C18H21NO2. The predicted molar refractivity (Wildman–Crippen MR) is 84.3 cm³/mol. The Morgan fingerprint density at radius 3 is 2.90 bits per heavy atom. The van der Waals surface area contributed by atoms with Crippen LogP contribution in [-0.2, 0) is 16.0 Å². The molecule has 1 amide bonds. The highest BCUT2D eigenvalue weighted by molar-refractivity contribution is 5.85. The summed E-state index contributed by atoms with van der Waals surface area (Å²) in [4.78, 5) is 13.8. The normalized spacial score (nSPS) is 18.9. The molecule has 1 heterocycles. The lowest BCUT2D eigenvalue weighted by molar-refractivity contribution is -0.138. The molecule has 1 aliphatic rings. The van der Waals surface area contributed by atoms with Crippen molar-refractivity contribution in [2.24, 2.45) is 0 Å². The molecule has 2 aromatic carbocycles. The van der Waals surface area contributed by atoms with Crippen LogP contribution in [0, 0.1) is 0 Å². The highest BCUT2D eigenvalue weighted by Crippen LogP contribution is 2.21. The Morgan fingerprint density at radius 2 is 2.05 bits per heavy atom. The van der Waals surface area contributed by atoms with E-state index in [4.69, 9.17) is 4.74 Å². The van der Waals surface area contributed by atoms with Crippen molar-refractivity contribution >= 4 is 16.7 Å².